The zero-order valence-corrected chi connectivity index (χ0v) is 12.8. The summed E-state index contributed by atoms with van der Waals surface area (Å²) in [5, 5.41) is 3.19. The Morgan fingerprint density at radius 3 is 2.63 bits per heavy atom. The number of ether oxygens (including phenoxy) is 1. The lowest BCUT2D eigenvalue weighted by atomic mass is 10.1. The zero-order valence-electron chi connectivity index (χ0n) is 12.8. The topological polar surface area (TPSA) is 24.5 Å². The van der Waals surface area contributed by atoms with Crippen molar-refractivity contribution in [2.75, 3.05) is 40.8 Å². The molecule has 1 N–H and O–H groups in total. The molecule has 0 unspecified atom stereocenters. The van der Waals surface area contributed by atoms with Gasteiger partial charge < -0.3 is 15.0 Å². The van der Waals surface area contributed by atoms with Gasteiger partial charge in [-0.3, -0.25) is 0 Å². The number of rotatable bonds is 9. The van der Waals surface area contributed by atoms with Crippen LogP contribution in [0.5, 0.6) is 5.75 Å². The molecule has 0 saturated carbocycles. The van der Waals surface area contributed by atoms with Gasteiger partial charge in [-0.25, -0.2) is 0 Å². The Labute approximate surface area is 118 Å². The van der Waals surface area contributed by atoms with Gasteiger partial charge in [0.05, 0.1) is 7.11 Å². The highest BCUT2D eigenvalue weighted by molar-refractivity contribution is 5.36. The number of likely N-dealkylation sites (N-methyl/N-ethyl adjacent to an activating group) is 1. The van der Waals surface area contributed by atoms with Crippen LogP contribution in [0.3, 0.4) is 0 Å². The SMILES string of the molecule is CNCCCCN(C)CCc1ccc(OC)c(C)c1. The molecule has 0 aromatic heterocycles. The number of methoxy groups -OCH3 is 1. The van der Waals surface area contributed by atoms with E-state index < -0.39 is 0 Å². The maximum absolute atomic E-state index is 5.29. The van der Waals surface area contributed by atoms with Crippen molar-refractivity contribution in [3.05, 3.63) is 29.3 Å². The minimum atomic E-state index is 0.976. The molecule has 19 heavy (non-hydrogen) atoms. The molecule has 108 valence electrons. The molecule has 0 fully saturated rings. The van der Waals surface area contributed by atoms with E-state index in [0.717, 1.165) is 25.3 Å². The highest BCUT2D eigenvalue weighted by Gasteiger charge is 2.02. The molecule has 0 aliphatic rings. The van der Waals surface area contributed by atoms with Gasteiger partial charge in [-0.15, -0.1) is 0 Å². The second-order valence-corrected chi connectivity index (χ2v) is 5.17. The van der Waals surface area contributed by atoms with Gasteiger partial charge in [0.1, 0.15) is 5.75 Å². The summed E-state index contributed by atoms with van der Waals surface area (Å²) in [6.07, 6.45) is 3.62. The second-order valence-electron chi connectivity index (χ2n) is 5.17. The number of hydrogen-bond acceptors (Lipinski definition) is 3. The Kier molecular flexibility index (Phi) is 7.53. The van der Waals surface area contributed by atoms with Crippen molar-refractivity contribution < 1.29 is 4.74 Å². The number of nitrogens with one attached hydrogen (secondary N) is 1. The fraction of sp³-hybridized carbons (Fsp3) is 0.625. The number of aryl methyl sites for hydroxylation is 1. The Morgan fingerprint density at radius 1 is 1.21 bits per heavy atom. The summed E-state index contributed by atoms with van der Waals surface area (Å²) in [4.78, 5) is 2.41. The average molecular weight is 264 g/mol. The summed E-state index contributed by atoms with van der Waals surface area (Å²) < 4.78 is 5.29. The third-order valence-corrected chi connectivity index (χ3v) is 3.46. The summed E-state index contributed by atoms with van der Waals surface area (Å²) in [6.45, 7) is 5.51. The molecular formula is C16H28N2O. The molecule has 0 amide bonds. The van der Waals surface area contributed by atoms with Crippen LogP contribution in [0.4, 0.5) is 0 Å². The van der Waals surface area contributed by atoms with Gasteiger partial charge in [0.15, 0.2) is 0 Å². The van der Waals surface area contributed by atoms with Crippen molar-refractivity contribution in [3.8, 4) is 5.75 Å². The number of nitrogens with zero attached hydrogens (tertiary/aromatic N) is 1. The minimum absolute atomic E-state index is 0.976. The molecule has 3 nitrogen and oxygen atoms in total. The first-order valence-corrected chi connectivity index (χ1v) is 7.14. The number of unbranched alkanes of at least 4 members (excludes halogenated alkanes) is 1. The van der Waals surface area contributed by atoms with Crippen LogP contribution in [-0.2, 0) is 6.42 Å². The van der Waals surface area contributed by atoms with Crippen LogP contribution in [0, 0.1) is 6.92 Å². The molecule has 0 aliphatic carbocycles. The molecule has 1 aromatic carbocycles. The lowest BCUT2D eigenvalue weighted by Gasteiger charge is -2.16. The zero-order chi connectivity index (χ0) is 14.1. The van der Waals surface area contributed by atoms with Crippen molar-refractivity contribution in [1.82, 2.24) is 10.2 Å². The Balaban J connectivity index is 2.29. The van der Waals surface area contributed by atoms with Gasteiger partial charge in [-0.2, -0.15) is 0 Å². The van der Waals surface area contributed by atoms with Crippen LogP contribution in [0.15, 0.2) is 18.2 Å². The van der Waals surface area contributed by atoms with E-state index in [-0.39, 0.29) is 0 Å². The van der Waals surface area contributed by atoms with E-state index in [9.17, 15) is 0 Å². The normalized spacial score (nSPS) is 11.0. The van der Waals surface area contributed by atoms with Crippen LogP contribution < -0.4 is 10.1 Å². The monoisotopic (exact) mass is 264 g/mol. The first kappa shape index (κ1) is 16.0. The van der Waals surface area contributed by atoms with Gasteiger partial charge in [0.25, 0.3) is 0 Å². The Morgan fingerprint density at radius 2 is 2.00 bits per heavy atom. The minimum Gasteiger partial charge on any atom is -0.496 e. The third kappa shape index (κ3) is 6.08. The lowest BCUT2D eigenvalue weighted by Crippen LogP contribution is -2.23. The molecule has 0 heterocycles. The molecule has 1 aromatic rings. The van der Waals surface area contributed by atoms with E-state index in [1.54, 1.807) is 7.11 Å². The molecule has 3 heteroatoms. The van der Waals surface area contributed by atoms with Crippen molar-refractivity contribution >= 4 is 0 Å². The summed E-state index contributed by atoms with van der Waals surface area (Å²) >= 11 is 0. The lowest BCUT2D eigenvalue weighted by molar-refractivity contribution is 0.329. The first-order chi connectivity index (χ1) is 9.17. The summed E-state index contributed by atoms with van der Waals surface area (Å²) in [7, 11) is 5.94. The fourth-order valence-electron chi connectivity index (χ4n) is 2.21. The number of benzene rings is 1. The molecule has 1 rings (SSSR count). The van der Waals surface area contributed by atoms with Crippen LogP contribution in [-0.4, -0.2) is 45.7 Å². The van der Waals surface area contributed by atoms with E-state index in [2.05, 4.69) is 42.4 Å². The van der Waals surface area contributed by atoms with Crippen molar-refractivity contribution in [3.63, 3.8) is 0 Å². The van der Waals surface area contributed by atoms with Crippen LogP contribution in [0.2, 0.25) is 0 Å². The summed E-state index contributed by atoms with van der Waals surface area (Å²) in [5.41, 5.74) is 2.61. The summed E-state index contributed by atoms with van der Waals surface area (Å²) in [5.74, 6) is 0.976. The van der Waals surface area contributed by atoms with E-state index in [1.165, 1.54) is 30.5 Å². The first-order valence-electron chi connectivity index (χ1n) is 7.14. The third-order valence-electron chi connectivity index (χ3n) is 3.46. The standard InChI is InChI=1S/C16H28N2O/c1-14-13-15(7-8-16(14)19-4)9-12-18(3)11-6-5-10-17-2/h7-8,13,17H,5-6,9-12H2,1-4H3. The van der Waals surface area contributed by atoms with Gasteiger partial charge in [0.2, 0.25) is 0 Å². The Hall–Kier alpha value is -1.06. The summed E-state index contributed by atoms with van der Waals surface area (Å²) in [6, 6.07) is 6.46. The molecule has 0 saturated heterocycles. The highest BCUT2D eigenvalue weighted by atomic mass is 16.5. The van der Waals surface area contributed by atoms with Gasteiger partial charge in [-0.1, -0.05) is 12.1 Å². The second kappa shape index (κ2) is 8.94. The largest absolute Gasteiger partial charge is 0.496 e. The smallest absolute Gasteiger partial charge is 0.121 e. The molecule has 0 spiro atoms. The van der Waals surface area contributed by atoms with Gasteiger partial charge >= 0.3 is 0 Å². The Bertz CT molecular complexity index is 366. The fourth-order valence-corrected chi connectivity index (χ4v) is 2.21. The highest BCUT2D eigenvalue weighted by Crippen LogP contribution is 2.18. The van der Waals surface area contributed by atoms with E-state index in [4.69, 9.17) is 4.74 Å². The van der Waals surface area contributed by atoms with E-state index in [0.29, 0.717) is 0 Å². The average Bonchev–Trinajstić information content (AvgIpc) is 2.41. The maximum Gasteiger partial charge on any atom is 0.121 e. The van der Waals surface area contributed by atoms with Crippen LogP contribution in [0.25, 0.3) is 0 Å². The predicted octanol–water partition coefficient (Wildman–Crippen LogP) is 2.48. The van der Waals surface area contributed by atoms with Crippen LogP contribution >= 0.6 is 0 Å². The maximum atomic E-state index is 5.29. The van der Waals surface area contributed by atoms with Gasteiger partial charge in [-0.05, 0) is 70.6 Å². The van der Waals surface area contributed by atoms with Crippen molar-refractivity contribution in [2.45, 2.75) is 26.2 Å². The predicted molar refractivity (Wildman–Crippen MR) is 82.1 cm³/mol. The van der Waals surface area contributed by atoms with Crippen molar-refractivity contribution in [1.29, 1.82) is 0 Å². The molecule has 0 aliphatic heterocycles. The molecule has 0 radical (unpaired) electrons. The van der Waals surface area contributed by atoms with E-state index >= 15 is 0 Å². The molecule has 0 atom stereocenters. The quantitative estimate of drug-likeness (QED) is 0.694. The van der Waals surface area contributed by atoms with Crippen molar-refractivity contribution in [2.24, 2.45) is 0 Å². The van der Waals surface area contributed by atoms with Gasteiger partial charge in [0, 0.05) is 6.54 Å². The molecular weight excluding hydrogens is 236 g/mol. The van der Waals surface area contributed by atoms with E-state index in [1.807, 2.05) is 7.05 Å². The number of hydrogen-bond donors (Lipinski definition) is 1. The molecule has 0 bridgehead atoms. The van der Waals surface area contributed by atoms with Crippen LogP contribution in [0.1, 0.15) is 24.0 Å².